The van der Waals surface area contributed by atoms with E-state index in [1.165, 1.54) is 0 Å². The van der Waals surface area contributed by atoms with E-state index in [1.807, 2.05) is 0 Å². The van der Waals surface area contributed by atoms with Gasteiger partial charge >= 0.3 is 0 Å². The van der Waals surface area contributed by atoms with Gasteiger partial charge in [-0.25, -0.2) is 4.98 Å². The van der Waals surface area contributed by atoms with Gasteiger partial charge in [0.05, 0.1) is 0 Å². The van der Waals surface area contributed by atoms with Gasteiger partial charge in [-0.05, 0) is 6.92 Å². The number of nitrogens with zero attached hydrogens (tertiary/aromatic N) is 2. The number of nitrogen functional groups attached to an aromatic ring is 1. The highest BCUT2D eigenvalue weighted by molar-refractivity contribution is 5.25. The van der Waals surface area contributed by atoms with Crippen molar-refractivity contribution in [1.29, 1.82) is 0 Å². The number of hydrogen-bond donors (Lipinski definition) is 1. The molecule has 0 unspecified atom stereocenters. The van der Waals surface area contributed by atoms with Crippen molar-refractivity contribution in [2.24, 2.45) is 0 Å². The molecule has 4 heteroatoms. The van der Waals surface area contributed by atoms with Crippen molar-refractivity contribution in [3.8, 4) is 18.2 Å². The summed E-state index contributed by atoms with van der Waals surface area (Å²) in [6.45, 7) is 2.00. The van der Waals surface area contributed by atoms with E-state index in [0.717, 1.165) is 5.69 Å². The van der Waals surface area contributed by atoms with Crippen molar-refractivity contribution in [3.63, 3.8) is 0 Å². The molecule has 1 aromatic rings. The third kappa shape index (κ3) is 2.13. The van der Waals surface area contributed by atoms with Crippen LogP contribution in [0.3, 0.4) is 0 Å². The first-order chi connectivity index (χ1) is 5.72. The molecule has 0 radical (unpaired) electrons. The molecular weight excluding hydrogens is 154 g/mol. The van der Waals surface area contributed by atoms with Crippen LogP contribution in [0.5, 0.6) is 5.88 Å². The molecule has 4 nitrogen and oxygen atoms in total. The highest BCUT2D eigenvalue weighted by Crippen LogP contribution is 2.08. The predicted molar refractivity (Wildman–Crippen MR) is 45.5 cm³/mol. The van der Waals surface area contributed by atoms with Crippen LogP contribution in [0.1, 0.15) is 5.69 Å². The zero-order chi connectivity index (χ0) is 8.97. The van der Waals surface area contributed by atoms with Crippen molar-refractivity contribution in [3.05, 3.63) is 11.8 Å². The largest absolute Gasteiger partial charge is 0.464 e. The van der Waals surface area contributed by atoms with Crippen molar-refractivity contribution < 1.29 is 4.74 Å². The molecule has 0 aliphatic rings. The average Bonchev–Trinajstić information content (AvgIpc) is 1.99. The molecule has 2 N–H and O–H groups in total. The molecule has 0 atom stereocenters. The van der Waals surface area contributed by atoms with Crippen LogP contribution in [0, 0.1) is 19.3 Å². The summed E-state index contributed by atoms with van der Waals surface area (Å²) < 4.78 is 5.05. The molecular formula is C8H9N3O. The van der Waals surface area contributed by atoms with E-state index in [1.54, 1.807) is 13.0 Å². The van der Waals surface area contributed by atoms with E-state index < -0.39 is 0 Å². The van der Waals surface area contributed by atoms with Crippen LogP contribution < -0.4 is 10.5 Å². The number of ether oxygens (including phenoxy) is 1. The van der Waals surface area contributed by atoms with Gasteiger partial charge in [0.15, 0.2) is 6.61 Å². The van der Waals surface area contributed by atoms with Crippen LogP contribution in [-0.4, -0.2) is 16.6 Å². The molecule has 0 aliphatic heterocycles. The highest BCUT2D eigenvalue weighted by Gasteiger charge is 1.98. The summed E-state index contributed by atoms with van der Waals surface area (Å²) in [5.74, 6) is 2.94. The normalized spacial score (nSPS) is 9.00. The van der Waals surface area contributed by atoms with Crippen molar-refractivity contribution in [2.75, 3.05) is 12.3 Å². The van der Waals surface area contributed by atoms with Gasteiger partial charge in [0, 0.05) is 11.8 Å². The molecule has 0 spiro atoms. The lowest BCUT2D eigenvalue weighted by Crippen LogP contribution is -2.01. The first-order valence-corrected chi connectivity index (χ1v) is 3.40. The molecule has 12 heavy (non-hydrogen) atoms. The van der Waals surface area contributed by atoms with Gasteiger partial charge in [0.2, 0.25) is 11.8 Å². The number of hydrogen-bond acceptors (Lipinski definition) is 4. The maximum Gasteiger partial charge on any atom is 0.223 e. The minimum atomic E-state index is 0.190. The van der Waals surface area contributed by atoms with Crippen LogP contribution in [0.15, 0.2) is 6.07 Å². The summed E-state index contributed by atoms with van der Waals surface area (Å²) in [6, 6.07) is 1.67. The lowest BCUT2D eigenvalue weighted by molar-refractivity contribution is 0.355. The molecule has 0 saturated heterocycles. The van der Waals surface area contributed by atoms with E-state index >= 15 is 0 Å². The number of rotatable bonds is 2. The molecule has 0 bridgehead atoms. The molecule has 0 saturated carbocycles. The van der Waals surface area contributed by atoms with E-state index in [4.69, 9.17) is 16.9 Å². The van der Waals surface area contributed by atoms with Crippen LogP contribution in [0.25, 0.3) is 0 Å². The highest BCUT2D eigenvalue weighted by atomic mass is 16.5. The Hall–Kier alpha value is -1.76. The van der Waals surface area contributed by atoms with Crippen LogP contribution >= 0.6 is 0 Å². The number of nitrogens with two attached hydrogens (primary N) is 1. The van der Waals surface area contributed by atoms with E-state index in [2.05, 4.69) is 15.9 Å². The Bertz CT molecular complexity index is 296. The van der Waals surface area contributed by atoms with Gasteiger partial charge in [-0.3, -0.25) is 0 Å². The standard InChI is InChI=1S/C8H9N3O/c1-3-4-12-7-5-6(2)10-8(9)11-7/h1,5H,4H2,2H3,(H2,9,10,11). The van der Waals surface area contributed by atoms with E-state index in [9.17, 15) is 0 Å². The SMILES string of the molecule is C#CCOc1cc(C)nc(N)n1. The minimum Gasteiger partial charge on any atom is -0.464 e. The molecule has 1 heterocycles. The first-order valence-electron chi connectivity index (χ1n) is 3.40. The fourth-order valence-corrected chi connectivity index (χ4v) is 0.751. The topological polar surface area (TPSA) is 61.0 Å². The second-order valence-corrected chi connectivity index (χ2v) is 2.20. The summed E-state index contributed by atoms with van der Waals surface area (Å²) in [5.41, 5.74) is 6.14. The summed E-state index contributed by atoms with van der Waals surface area (Å²) >= 11 is 0. The zero-order valence-corrected chi connectivity index (χ0v) is 6.74. The molecule has 0 amide bonds. The van der Waals surface area contributed by atoms with E-state index in [0.29, 0.717) is 5.88 Å². The molecule has 0 fully saturated rings. The van der Waals surface area contributed by atoms with Gasteiger partial charge < -0.3 is 10.5 Å². The molecule has 0 aromatic carbocycles. The Morgan fingerprint density at radius 3 is 3.00 bits per heavy atom. The lowest BCUT2D eigenvalue weighted by Gasteiger charge is -2.01. The monoisotopic (exact) mass is 163 g/mol. The smallest absolute Gasteiger partial charge is 0.223 e. The summed E-state index contributed by atoms with van der Waals surface area (Å²) in [4.78, 5) is 7.70. The lowest BCUT2D eigenvalue weighted by atomic mass is 10.4. The second kappa shape index (κ2) is 3.58. The molecule has 1 rings (SSSR count). The summed E-state index contributed by atoms with van der Waals surface area (Å²) in [6.07, 6.45) is 5.00. The Morgan fingerprint density at radius 2 is 2.42 bits per heavy atom. The minimum absolute atomic E-state index is 0.190. The fourth-order valence-electron chi connectivity index (χ4n) is 0.751. The van der Waals surface area contributed by atoms with Gasteiger partial charge in [0.25, 0.3) is 0 Å². The average molecular weight is 163 g/mol. The number of aromatic nitrogens is 2. The molecule has 62 valence electrons. The van der Waals surface area contributed by atoms with Crippen molar-refractivity contribution in [2.45, 2.75) is 6.92 Å². The number of anilines is 1. The fraction of sp³-hybridized carbons (Fsp3) is 0.250. The zero-order valence-electron chi connectivity index (χ0n) is 6.74. The van der Waals surface area contributed by atoms with Crippen molar-refractivity contribution in [1.82, 2.24) is 9.97 Å². The quantitative estimate of drug-likeness (QED) is 0.640. The van der Waals surface area contributed by atoms with Crippen molar-refractivity contribution >= 4 is 5.95 Å². The molecule has 1 aromatic heterocycles. The summed E-state index contributed by atoms with van der Waals surface area (Å²) in [5, 5.41) is 0. The second-order valence-electron chi connectivity index (χ2n) is 2.20. The van der Waals surface area contributed by atoms with Gasteiger partial charge in [0.1, 0.15) is 0 Å². The van der Waals surface area contributed by atoms with Crippen LogP contribution in [0.4, 0.5) is 5.95 Å². The van der Waals surface area contributed by atoms with Gasteiger partial charge in [-0.2, -0.15) is 4.98 Å². The Morgan fingerprint density at radius 1 is 1.67 bits per heavy atom. The summed E-state index contributed by atoms with van der Waals surface area (Å²) in [7, 11) is 0. The maximum atomic E-state index is 5.38. The van der Waals surface area contributed by atoms with Crippen LogP contribution in [0.2, 0.25) is 0 Å². The first kappa shape index (κ1) is 8.34. The molecule has 0 aliphatic carbocycles. The van der Waals surface area contributed by atoms with E-state index in [-0.39, 0.29) is 12.6 Å². The van der Waals surface area contributed by atoms with Crippen LogP contribution in [-0.2, 0) is 0 Å². The predicted octanol–water partition coefficient (Wildman–Crippen LogP) is 0.379. The third-order valence-corrected chi connectivity index (χ3v) is 1.15. The number of aryl methyl sites for hydroxylation is 1. The maximum absolute atomic E-state index is 5.38. The Kier molecular flexibility index (Phi) is 2.49. The Balaban J connectivity index is 2.80. The van der Waals surface area contributed by atoms with Gasteiger partial charge in [-0.1, -0.05) is 5.92 Å². The van der Waals surface area contributed by atoms with Gasteiger partial charge in [-0.15, -0.1) is 6.42 Å². The third-order valence-electron chi connectivity index (χ3n) is 1.15. The number of terminal acetylenes is 1. The Labute approximate surface area is 70.8 Å².